The van der Waals surface area contributed by atoms with Crippen molar-refractivity contribution in [1.29, 1.82) is 0 Å². The van der Waals surface area contributed by atoms with Gasteiger partial charge in [0.1, 0.15) is 0 Å². The Kier molecular flexibility index (Phi) is 4.94. The maximum absolute atomic E-state index is 11.5. The minimum Gasteiger partial charge on any atom is -0.399 e. The van der Waals surface area contributed by atoms with Crippen LogP contribution in [-0.2, 0) is 11.2 Å². The second-order valence-corrected chi connectivity index (χ2v) is 3.45. The molecule has 1 rings (SSSR count). The Hall–Kier alpha value is -1.95. The van der Waals surface area contributed by atoms with Gasteiger partial charge in [0.2, 0.25) is 5.91 Å². The Labute approximate surface area is 96.0 Å². The molecule has 84 valence electrons. The van der Waals surface area contributed by atoms with Crippen LogP contribution in [0.25, 0.3) is 0 Å². The number of rotatable bonds is 4. The molecule has 0 radical (unpaired) electrons. The Morgan fingerprint density at radius 3 is 3.00 bits per heavy atom. The van der Waals surface area contributed by atoms with E-state index in [1.165, 1.54) is 0 Å². The average Bonchev–Trinajstić information content (AvgIpc) is 2.24. The molecule has 0 bridgehead atoms. The van der Waals surface area contributed by atoms with Crippen LogP contribution >= 0.6 is 0 Å². The van der Waals surface area contributed by atoms with Crippen molar-refractivity contribution in [2.75, 3.05) is 12.3 Å². The van der Waals surface area contributed by atoms with Crippen molar-refractivity contribution in [3.8, 4) is 11.8 Å². The van der Waals surface area contributed by atoms with E-state index in [1.807, 2.05) is 18.2 Å². The standard InChI is InChI=1S/C13H16N2O/c1-2-3-4-8-15-13(16)10-11-6-5-7-12(14)9-11/h5-7,9H,4,8,10,14H2,1H3,(H,15,16). The zero-order chi connectivity index (χ0) is 11.8. The average molecular weight is 216 g/mol. The van der Waals surface area contributed by atoms with E-state index in [2.05, 4.69) is 17.2 Å². The van der Waals surface area contributed by atoms with Crippen LogP contribution in [0, 0.1) is 11.8 Å². The van der Waals surface area contributed by atoms with Gasteiger partial charge in [-0.05, 0) is 24.6 Å². The lowest BCUT2D eigenvalue weighted by molar-refractivity contribution is -0.120. The smallest absolute Gasteiger partial charge is 0.224 e. The highest BCUT2D eigenvalue weighted by molar-refractivity contribution is 5.78. The van der Waals surface area contributed by atoms with E-state index >= 15 is 0 Å². The number of nitrogen functional groups attached to an aromatic ring is 1. The van der Waals surface area contributed by atoms with E-state index in [0.717, 1.165) is 5.56 Å². The summed E-state index contributed by atoms with van der Waals surface area (Å²) in [6, 6.07) is 7.35. The van der Waals surface area contributed by atoms with Gasteiger partial charge in [-0.15, -0.1) is 11.8 Å². The Morgan fingerprint density at radius 2 is 2.31 bits per heavy atom. The van der Waals surface area contributed by atoms with Crippen molar-refractivity contribution in [3.63, 3.8) is 0 Å². The lowest BCUT2D eigenvalue weighted by atomic mass is 10.1. The van der Waals surface area contributed by atoms with Crippen LogP contribution in [-0.4, -0.2) is 12.5 Å². The predicted molar refractivity (Wildman–Crippen MR) is 65.6 cm³/mol. The molecule has 0 fully saturated rings. The maximum atomic E-state index is 11.5. The third-order valence-corrected chi connectivity index (χ3v) is 2.06. The van der Waals surface area contributed by atoms with Gasteiger partial charge in [0.15, 0.2) is 0 Å². The van der Waals surface area contributed by atoms with Gasteiger partial charge in [-0.3, -0.25) is 4.79 Å². The highest BCUT2D eigenvalue weighted by Gasteiger charge is 2.02. The van der Waals surface area contributed by atoms with Crippen molar-refractivity contribution in [1.82, 2.24) is 5.32 Å². The Morgan fingerprint density at radius 1 is 1.50 bits per heavy atom. The molecule has 1 amide bonds. The Bertz CT molecular complexity index is 415. The third-order valence-electron chi connectivity index (χ3n) is 2.06. The molecule has 0 aliphatic heterocycles. The van der Waals surface area contributed by atoms with E-state index in [0.29, 0.717) is 25.1 Å². The molecule has 3 heteroatoms. The van der Waals surface area contributed by atoms with Crippen LogP contribution in [0.1, 0.15) is 18.9 Å². The van der Waals surface area contributed by atoms with Gasteiger partial charge in [0.25, 0.3) is 0 Å². The maximum Gasteiger partial charge on any atom is 0.224 e. The van der Waals surface area contributed by atoms with Crippen molar-refractivity contribution < 1.29 is 4.79 Å². The largest absolute Gasteiger partial charge is 0.399 e. The summed E-state index contributed by atoms with van der Waals surface area (Å²) >= 11 is 0. The quantitative estimate of drug-likeness (QED) is 0.453. The molecule has 3 nitrogen and oxygen atoms in total. The fourth-order valence-electron chi connectivity index (χ4n) is 1.34. The molecule has 0 heterocycles. The van der Waals surface area contributed by atoms with Crippen LogP contribution in [0.3, 0.4) is 0 Å². The molecule has 0 aliphatic rings. The van der Waals surface area contributed by atoms with Gasteiger partial charge < -0.3 is 11.1 Å². The number of hydrogen-bond acceptors (Lipinski definition) is 2. The van der Waals surface area contributed by atoms with Gasteiger partial charge in [-0.25, -0.2) is 0 Å². The molecule has 0 unspecified atom stereocenters. The normalized spacial score (nSPS) is 9.06. The van der Waals surface area contributed by atoms with E-state index in [4.69, 9.17) is 5.73 Å². The fraction of sp³-hybridized carbons (Fsp3) is 0.308. The summed E-state index contributed by atoms with van der Waals surface area (Å²) in [5, 5.41) is 2.80. The monoisotopic (exact) mass is 216 g/mol. The number of hydrogen-bond donors (Lipinski definition) is 2. The summed E-state index contributed by atoms with van der Waals surface area (Å²) < 4.78 is 0. The van der Waals surface area contributed by atoms with E-state index in [-0.39, 0.29) is 5.91 Å². The molecule has 1 aromatic carbocycles. The van der Waals surface area contributed by atoms with Gasteiger partial charge in [0.05, 0.1) is 6.42 Å². The molecule has 1 aromatic rings. The molecular formula is C13H16N2O. The summed E-state index contributed by atoms with van der Waals surface area (Å²) in [5.41, 5.74) is 7.24. The van der Waals surface area contributed by atoms with E-state index < -0.39 is 0 Å². The predicted octanol–water partition coefficient (Wildman–Crippen LogP) is 1.34. The lowest BCUT2D eigenvalue weighted by Gasteiger charge is -2.03. The topological polar surface area (TPSA) is 55.1 Å². The summed E-state index contributed by atoms with van der Waals surface area (Å²) in [6.45, 7) is 2.39. The molecular weight excluding hydrogens is 200 g/mol. The molecule has 3 N–H and O–H groups in total. The summed E-state index contributed by atoms with van der Waals surface area (Å²) in [5.74, 6) is 5.68. The molecule has 0 aliphatic carbocycles. The first-order chi connectivity index (χ1) is 7.72. The van der Waals surface area contributed by atoms with Crippen LogP contribution in [0.15, 0.2) is 24.3 Å². The number of nitrogens with one attached hydrogen (secondary N) is 1. The molecule has 0 atom stereocenters. The second kappa shape index (κ2) is 6.52. The van der Waals surface area contributed by atoms with Crippen molar-refractivity contribution >= 4 is 11.6 Å². The van der Waals surface area contributed by atoms with Gasteiger partial charge >= 0.3 is 0 Å². The first-order valence-electron chi connectivity index (χ1n) is 5.23. The number of amides is 1. The minimum absolute atomic E-state index is 0.00324. The van der Waals surface area contributed by atoms with Crippen molar-refractivity contribution in [3.05, 3.63) is 29.8 Å². The molecule has 0 aromatic heterocycles. The van der Waals surface area contributed by atoms with Crippen LogP contribution < -0.4 is 11.1 Å². The second-order valence-electron chi connectivity index (χ2n) is 3.45. The molecule has 16 heavy (non-hydrogen) atoms. The number of nitrogens with two attached hydrogens (primary N) is 1. The first-order valence-corrected chi connectivity index (χ1v) is 5.23. The zero-order valence-corrected chi connectivity index (χ0v) is 9.42. The first kappa shape index (κ1) is 12.1. The fourth-order valence-corrected chi connectivity index (χ4v) is 1.34. The highest BCUT2D eigenvalue weighted by atomic mass is 16.1. The number of anilines is 1. The molecule has 0 spiro atoms. The summed E-state index contributed by atoms with van der Waals surface area (Å²) in [7, 11) is 0. The third kappa shape index (κ3) is 4.52. The Balaban J connectivity index is 2.36. The van der Waals surface area contributed by atoms with Crippen molar-refractivity contribution in [2.24, 2.45) is 0 Å². The van der Waals surface area contributed by atoms with Gasteiger partial charge in [0, 0.05) is 18.7 Å². The van der Waals surface area contributed by atoms with Crippen LogP contribution in [0.4, 0.5) is 5.69 Å². The minimum atomic E-state index is 0.00324. The SMILES string of the molecule is CC#CCCNC(=O)Cc1cccc(N)c1. The van der Waals surface area contributed by atoms with Gasteiger partial charge in [-0.2, -0.15) is 0 Å². The van der Waals surface area contributed by atoms with E-state index in [1.54, 1.807) is 13.0 Å². The zero-order valence-electron chi connectivity index (χ0n) is 9.42. The van der Waals surface area contributed by atoms with Crippen LogP contribution in [0.5, 0.6) is 0 Å². The number of carbonyl (C=O) groups is 1. The molecule has 0 saturated carbocycles. The number of carbonyl (C=O) groups excluding carboxylic acids is 1. The summed E-state index contributed by atoms with van der Waals surface area (Å²) in [4.78, 5) is 11.5. The summed E-state index contributed by atoms with van der Waals surface area (Å²) in [6.07, 6.45) is 1.06. The number of benzene rings is 1. The highest BCUT2D eigenvalue weighted by Crippen LogP contribution is 2.06. The van der Waals surface area contributed by atoms with Crippen LogP contribution in [0.2, 0.25) is 0 Å². The van der Waals surface area contributed by atoms with E-state index in [9.17, 15) is 4.79 Å². The van der Waals surface area contributed by atoms with Gasteiger partial charge in [-0.1, -0.05) is 12.1 Å². The molecule has 0 saturated heterocycles. The lowest BCUT2D eigenvalue weighted by Crippen LogP contribution is -2.25. The van der Waals surface area contributed by atoms with Crippen molar-refractivity contribution in [2.45, 2.75) is 19.8 Å².